The molecule has 134 valence electrons. The molecule has 7 nitrogen and oxygen atoms in total. The van der Waals surface area contributed by atoms with E-state index in [9.17, 15) is 9.59 Å². The second-order valence-electron chi connectivity index (χ2n) is 6.89. The minimum atomic E-state index is -0.278. The minimum absolute atomic E-state index is 0.0290. The van der Waals surface area contributed by atoms with E-state index in [1.807, 2.05) is 37.6 Å². The van der Waals surface area contributed by atoms with Crippen LogP contribution in [-0.4, -0.2) is 32.2 Å². The molecule has 0 spiro atoms. The van der Waals surface area contributed by atoms with Crippen LogP contribution in [-0.2, 0) is 11.8 Å². The van der Waals surface area contributed by atoms with Gasteiger partial charge in [-0.1, -0.05) is 6.42 Å². The van der Waals surface area contributed by atoms with Crippen LogP contribution in [0.2, 0.25) is 0 Å². The van der Waals surface area contributed by atoms with Gasteiger partial charge in [-0.05, 0) is 45.2 Å². The molecule has 0 aromatic carbocycles. The molecular formula is C18H25N5O2. The van der Waals surface area contributed by atoms with Crippen molar-refractivity contribution in [3.05, 3.63) is 35.3 Å². The fraction of sp³-hybridized carbons (Fsp3) is 0.500. The highest BCUT2D eigenvalue weighted by Gasteiger charge is 2.28. The summed E-state index contributed by atoms with van der Waals surface area (Å²) in [5.74, 6) is 0.159. The fourth-order valence-corrected chi connectivity index (χ4v) is 3.70. The Bertz CT molecular complexity index is 785. The Kier molecular flexibility index (Phi) is 4.65. The first-order valence-electron chi connectivity index (χ1n) is 8.66. The Hall–Kier alpha value is -2.57. The number of hydrogen-bond donors (Lipinski definition) is 2. The molecule has 3 N–H and O–H groups in total. The van der Waals surface area contributed by atoms with Crippen LogP contribution in [0.3, 0.4) is 0 Å². The molecule has 0 saturated heterocycles. The summed E-state index contributed by atoms with van der Waals surface area (Å²) >= 11 is 0. The van der Waals surface area contributed by atoms with Crippen molar-refractivity contribution in [1.82, 2.24) is 19.7 Å². The second kappa shape index (κ2) is 6.74. The lowest BCUT2D eigenvalue weighted by Crippen LogP contribution is -2.41. The topological polar surface area (TPSA) is 94.9 Å². The molecule has 2 heterocycles. The summed E-state index contributed by atoms with van der Waals surface area (Å²) < 4.78 is 3.73. The number of carbonyl (C=O) groups is 2. The third-order valence-electron chi connectivity index (χ3n) is 5.05. The zero-order valence-electron chi connectivity index (χ0n) is 15.0. The number of primary amides is 1. The largest absolute Gasteiger partial charge is 0.369 e. The first kappa shape index (κ1) is 17.3. The number of aromatic nitrogens is 3. The summed E-state index contributed by atoms with van der Waals surface area (Å²) in [4.78, 5) is 24.3. The van der Waals surface area contributed by atoms with Crippen molar-refractivity contribution in [2.45, 2.75) is 45.6 Å². The standard InChI is InChI=1S/C18H25N5O2/c1-11-7-8-12(2)23(11)18-15(10-20-22(18)3)17(25)21-14-6-4-5-13(9-14)16(19)24/h7-8,10,13-14H,4-6,9H2,1-3H3,(H2,19,24)(H,21,25). The van der Waals surface area contributed by atoms with Gasteiger partial charge in [0.25, 0.3) is 5.91 Å². The van der Waals surface area contributed by atoms with Crippen LogP contribution in [0.4, 0.5) is 0 Å². The maximum Gasteiger partial charge on any atom is 0.256 e. The fourth-order valence-electron chi connectivity index (χ4n) is 3.70. The lowest BCUT2D eigenvalue weighted by atomic mass is 9.85. The average Bonchev–Trinajstić information content (AvgIpc) is 3.10. The van der Waals surface area contributed by atoms with Crippen LogP contribution in [0.25, 0.3) is 5.82 Å². The Morgan fingerprint density at radius 3 is 2.56 bits per heavy atom. The summed E-state index contributed by atoms with van der Waals surface area (Å²) in [7, 11) is 1.83. The van der Waals surface area contributed by atoms with Gasteiger partial charge in [0.15, 0.2) is 0 Å². The summed E-state index contributed by atoms with van der Waals surface area (Å²) in [5.41, 5.74) is 8.05. The summed E-state index contributed by atoms with van der Waals surface area (Å²) in [6.45, 7) is 4.00. The van der Waals surface area contributed by atoms with Crippen molar-refractivity contribution in [2.24, 2.45) is 18.7 Å². The predicted octanol–water partition coefficient (Wildman–Crippen LogP) is 1.60. The normalized spacial score (nSPS) is 20.4. The Morgan fingerprint density at radius 2 is 1.92 bits per heavy atom. The van der Waals surface area contributed by atoms with E-state index >= 15 is 0 Å². The molecule has 2 aromatic heterocycles. The third-order valence-corrected chi connectivity index (χ3v) is 5.05. The highest BCUT2D eigenvalue weighted by molar-refractivity contribution is 5.97. The molecule has 1 saturated carbocycles. The van der Waals surface area contributed by atoms with Crippen LogP contribution >= 0.6 is 0 Å². The second-order valence-corrected chi connectivity index (χ2v) is 6.89. The number of carbonyl (C=O) groups excluding carboxylic acids is 2. The lowest BCUT2D eigenvalue weighted by Gasteiger charge is -2.28. The number of hydrogen-bond acceptors (Lipinski definition) is 3. The molecular weight excluding hydrogens is 318 g/mol. The quantitative estimate of drug-likeness (QED) is 0.883. The zero-order valence-corrected chi connectivity index (χ0v) is 15.0. The molecule has 1 fully saturated rings. The molecule has 7 heteroatoms. The summed E-state index contributed by atoms with van der Waals surface area (Å²) in [5, 5.41) is 7.33. The van der Waals surface area contributed by atoms with Gasteiger partial charge in [0.1, 0.15) is 11.4 Å². The van der Waals surface area contributed by atoms with E-state index in [-0.39, 0.29) is 23.8 Å². The van der Waals surface area contributed by atoms with Crippen molar-refractivity contribution >= 4 is 11.8 Å². The van der Waals surface area contributed by atoms with Gasteiger partial charge in [-0.2, -0.15) is 5.10 Å². The smallest absolute Gasteiger partial charge is 0.256 e. The maximum absolute atomic E-state index is 12.8. The molecule has 2 unspecified atom stereocenters. The van der Waals surface area contributed by atoms with Crippen LogP contribution < -0.4 is 11.1 Å². The first-order chi connectivity index (χ1) is 11.9. The van der Waals surface area contributed by atoms with Gasteiger partial charge in [-0.25, -0.2) is 0 Å². The van der Waals surface area contributed by atoms with Gasteiger partial charge < -0.3 is 15.6 Å². The van der Waals surface area contributed by atoms with Gasteiger partial charge >= 0.3 is 0 Å². The molecule has 0 aliphatic heterocycles. The molecule has 3 rings (SSSR count). The van der Waals surface area contributed by atoms with Crippen molar-refractivity contribution < 1.29 is 9.59 Å². The molecule has 0 radical (unpaired) electrons. The molecule has 25 heavy (non-hydrogen) atoms. The number of rotatable bonds is 4. The number of nitrogens with one attached hydrogen (secondary N) is 1. The van der Waals surface area contributed by atoms with Gasteiger partial charge in [0, 0.05) is 30.4 Å². The van der Waals surface area contributed by atoms with Gasteiger partial charge in [-0.3, -0.25) is 14.3 Å². The molecule has 2 aromatic rings. The Morgan fingerprint density at radius 1 is 1.24 bits per heavy atom. The third kappa shape index (κ3) is 3.31. The number of amides is 2. The van der Waals surface area contributed by atoms with Crippen molar-refractivity contribution in [1.29, 1.82) is 0 Å². The van der Waals surface area contributed by atoms with E-state index in [0.29, 0.717) is 12.0 Å². The monoisotopic (exact) mass is 343 g/mol. The van der Waals surface area contributed by atoms with Crippen molar-refractivity contribution in [2.75, 3.05) is 0 Å². The summed E-state index contributed by atoms with van der Waals surface area (Å²) in [6.07, 6.45) is 4.78. The van der Waals surface area contributed by atoms with Gasteiger partial charge in [0.2, 0.25) is 5.91 Å². The number of nitrogens with two attached hydrogens (primary N) is 1. The van der Waals surface area contributed by atoms with Crippen LogP contribution in [0.5, 0.6) is 0 Å². The molecule has 1 aliphatic carbocycles. The van der Waals surface area contributed by atoms with E-state index in [0.717, 1.165) is 36.5 Å². The van der Waals surface area contributed by atoms with Crippen LogP contribution in [0.1, 0.15) is 47.4 Å². The highest BCUT2D eigenvalue weighted by atomic mass is 16.2. The Balaban J connectivity index is 1.83. The van der Waals surface area contributed by atoms with Crippen LogP contribution in [0, 0.1) is 19.8 Å². The highest BCUT2D eigenvalue weighted by Crippen LogP contribution is 2.25. The molecule has 1 aliphatic rings. The van der Waals surface area contributed by atoms with E-state index in [1.54, 1.807) is 10.9 Å². The predicted molar refractivity (Wildman–Crippen MR) is 94.4 cm³/mol. The molecule has 2 atom stereocenters. The van der Waals surface area contributed by atoms with Crippen LogP contribution in [0.15, 0.2) is 18.3 Å². The molecule has 0 bridgehead atoms. The summed E-state index contributed by atoms with van der Waals surface area (Å²) in [6, 6.07) is 4.00. The van der Waals surface area contributed by atoms with E-state index in [2.05, 4.69) is 10.4 Å². The maximum atomic E-state index is 12.8. The van der Waals surface area contributed by atoms with E-state index in [1.165, 1.54) is 0 Å². The van der Waals surface area contributed by atoms with Gasteiger partial charge in [0.05, 0.1) is 6.20 Å². The minimum Gasteiger partial charge on any atom is -0.369 e. The van der Waals surface area contributed by atoms with E-state index in [4.69, 9.17) is 5.73 Å². The first-order valence-corrected chi connectivity index (χ1v) is 8.66. The molecule has 2 amide bonds. The van der Waals surface area contributed by atoms with Gasteiger partial charge in [-0.15, -0.1) is 0 Å². The number of aryl methyl sites for hydroxylation is 3. The number of nitrogens with zero attached hydrogens (tertiary/aromatic N) is 3. The Labute approximate surface area is 147 Å². The SMILES string of the molecule is Cc1ccc(C)n1-c1c(C(=O)NC2CCCC(C(N)=O)C2)cnn1C. The van der Waals surface area contributed by atoms with Crippen molar-refractivity contribution in [3.8, 4) is 5.82 Å². The van der Waals surface area contributed by atoms with E-state index < -0.39 is 0 Å². The lowest BCUT2D eigenvalue weighted by molar-refractivity contribution is -0.122. The van der Waals surface area contributed by atoms with Crippen molar-refractivity contribution in [3.63, 3.8) is 0 Å². The zero-order chi connectivity index (χ0) is 18.1. The average molecular weight is 343 g/mol.